The number of carbonyl (C=O) groups is 1. The number of benzene rings is 1. The summed E-state index contributed by atoms with van der Waals surface area (Å²) in [6.07, 6.45) is 5.90. The first-order valence-electron chi connectivity index (χ1n) is 4.07. The van der Waals surface area contributed by atoms with Crippen LogP contribution in [0.5, 0.6) is 0 Å². The summed E-state index contributed by atoms with van der Waals surface area (Å²) in [5, 5.41) is 0.553. The van der Waals surface area contributed by atoms with E-state index in [9.17, 15) is 4.79 Å². The van der Waals surface area contributed by atoms with Gasteiger partial charge in [-0.15, -0.1) is 12.3 Å². The van der Waals surface area contributed by atoms with Crippen molar-refractivity contribution >= 4 is 33.3 Å². The number of rotatable bonds is 3. The van der Waals surface area contributed by atoms with Crippen LogP contribution in [-0.2, 0) is 0 Å². The molecule has 0 aliphatic carbocycles. The summed E-state index contributed by atoms with van der Waals surface area (Å²) in [4.78, 5) is 11.6. The molecule has 1 aromatic carbocycles. The summed E-state index contributed by atoms with van der Waals surface area (Å²) in [6.45, 7) is 0. The van der Waals surface area contributed by atoms with Crippen molar-refractivity contribution in [3.63, 3.8) is 0 Å². The summed E-state index contributed by atoms with van der Waals surface area (Å²) >= 11 is 9.07. The third-order valence-corrected chi connectivity index (χ3v) is 2.65. The number of Topliss-reactive ketones (excluding diaryl/α,β-unsaturated/α-hetero) is 1. The van der Waals surface area contributed by atoms with Crippen LogP contribution in [0, 0.1) is 12.3 Å². The van der Waals surface area contributed by atoms with Gasteiger partial charge in [0.05, 0.1) is 0 Å². The number of halogens is 2. The van der Waals surface area contributed by atoms with Crippen LogP contribution < -0.4 is 0 Å². The Hall–Kier alpha value is -0.780. The normalized spacial score (nSPS) is 9.50. The van der Waals surface area contributed by atoms with Crippen molar-refractivity contribution in [3.05, 3.63) is 33.3 Å². The zero-order valence-corrected chi connectivity index (χ0v) is 9.73. The molecule has 0 aliphatic rings. The molecule has 1 nitrogen and oxygen atoms in total. The molecule has 14 heavy (non-hydrogen) atoms. The lowest BCUT2D eigenvalue weighted by Gasteiger charge is -2.02. The predicted molar refractivity (Wildman–Crippen MR) is 61.5 cm³/mol. The Bertz CT molecular complexity index is 393. The van der Waals surface area contributed by atoms with Gasteiger partial charge in [0.15, 0.2) is 5.78 Å². The maximum absolute atomic E-state index is 11.6. The van der Waals surface area contributed by atoms with Gasteiger partial charge in [0.25, 0.3) is 0 Å². The standard InChI is InChI=1S/C11H8BrClO/c1-2-3-4-11(14)9-7-8(13)5-6-10(9)12/h1,5-7H,3-4H2. The second-order valence-electron chi connectivity index (χ2n) is 2.75. The first kappa shape index (κ1) is 11.3. The summed E-state index contributed by atoms with van der Waals surface area (Å²) in [5.74, 6) is 2.44. The quantitative estimate of drug-likeness (QED) is 0.605. The van der Waals surface area contributed by atoms with Gasteiger partial charge in [0.2, 0.25) is 0 Å². The number of hydrogen-bond acceptors (Lipinski definition) is 1. The maximum Gasteiger partial charge on any atom is 0.165 e. The molecule has 0 saturated carbocycles. The predicted octanol–water partition coefficient (Wildman–Crippen LogP) is 3.70. The molecule has 3 heteroatoms. The van der Waals surface area contributed by atoms with E-state index < -0.39 is 0 Å². The van der Waals surface area contributed by atoms with E-state index in [0.717, 1.165) is 4.47 Å². The second kappa shape index (κ2) is 5.19. The second-order valence-corrected chi connectivity index (χ2v) is 4.04. The largest absolute Gasteiger partial charge is 0.294 e. The molecule has 1 rings (SSSR count). The number of ketones is 1. The molecular formula is C11H8BrClO. The molecule has 0 unspecified atom stereocenters. The van der Waals surface area contributed by atoms with Crippen molar-refractivity contribution in [1.82, 2.24) is 0 Å². The molecule has 0 aliphatic heterocycles. The fourth-order valence-electron chi connectivity index (χ4n) is 1.03. The molecule has 0 radical (unpaired) electrons. The van der Waals surface area contributed by atoms with Crippen molar-refractivity contribution in [3.8, 4) is 12.3 Å². The highest BCUT2D eigenvalue weighted by Gasteiger charge is 2.09. The Morgan fingerprint density at radius 1 is 1.57 bits per heavy atom. The van der Waals surface area contributed by atoms with Gasteiger partial charge in [-0.25, -0.2) is 0 Å². The Kier molecular flexibility index (Phi) is 4.19. The van der Waals surface area contributed by atoms with Gasteiger partial charge in [-0.05, 0) is 18.2 Å². The lowest BCUT2D eigenvalue weighted by Crippen LogP contribution is -1.99. The number of carbonyl (C=O) groups excluding carboxylic acids is 1. The van der Waals surface area contributed by atoms with Crippen molar-refractivity contribution in [2.75, 3.05) is 0 Å². The molecule has 0 saturated heterocycles. The molecule has 0 N–H and O–H groups in total. The average molecular weight is 272 g/mol. The van der Waals surface area contributed by atoms with Crippen LogP contribution in [0.2, 0.25) is 5.02 Å². The Morgan fingerprint density at radius 3 is 2.93 bits per heavy atom. The van der Waals surface area contributed by atoms with Gasteiger partial charge >= 0.3 is 0 Å². The van der Waals surface area contributed by atoms with E-state index in [1.165, 1.54) is 0 Å². The topological polar surface area (TPSA) is 17.1 Å². The molecule has 1 aromatic rings. The van der Waals surface area contributed by atoms with Crippen molar-refractivity contribution in [2.24, 2.45) is 0 Å². The minimum absolute atomic E-state index is 0.0114. The van der Waals surface area contributed by atoms with Crippen LogP contribution >= 0.6 is 27.5 Å². The third kappa shape index (κ3) is 2.87. The van der Waals surface area contributed by atoms with E-state index in [1.54, 1.807) is 18.2 Å². The lowest BCUT2D eigenvalue weighted by molar-refractivity contribution is 0.0983. The zero-order valence-electron chi connectivity index (χ0n) is 7.39. The Labute approximate surface area is 96.6 Å². The summed E-state index contributed by atoms with van der Waals surface area (Å²) < 4.78 is 0.754. The minimum Gasteiger partial charge on any atom is -0.294 e. The van der Waals surface area contributed by atoms with Gasteiger partial charge in [-0.3, -0.25) is 4.79 Å². The molecule has 0 amide bonds. The molecule has 0 bridgehead atoms. The van der Waals surface area contributed by atoms with Crippen LogP contribution in [0.3, 0.4) is 0 Å². The summed E-state index contributed by atoms with van der Waals surface area (Å²) in [5.41, 5.74) is 0.591. The minimum atomic E-state index is 0.0114. The number of hydrogen-bond donors (Lipinski definition) is 0. The Balaban J connectivity index is 2.90. The van der Waals surface area contributed by atoms with E-state index in [1.807, 2.05) is 0 Å². The van der Waals surface area contributed by atoms with E-state index >= 15 is 0 Å². The lowest BCUT2D eigenvalue weighted by atomic mass is 10.1. The Morgan fingerprint density at radius 2 is 2.29 bits per heavy atom. The van der Waals surface area contributed by atoms with Gasteiger partial charge in [-0.2, -0.15) is 0 Å². The van der Waals surface area contributed by atoms with E-state index in [4.69, 9.17) is 18.0 Å². The molecular weight excluding hydrogens is 263 g/mol. The van der Waals surface area contributed by atoms with Gasteiger partial charge in [0, 0.05) is 27.9 Å². The average Bonchev–Trinajstić information content (AvgIpc) is 2.18. The first-order chi connectivity index (χ1) is 6.65. The fraction of sp³-hybridized carbons (Fsp3) is 0.182. The molecule has 0 aromatic heterocycles. The van der Waals surface area contributed by atoms with Gasteiger partial charge in [0.1, 0.15) is 0 Å². The van der Waals surface area contributed by atoms with Crippen LogP contribution in [0.1, 0.15) is 23.2 Å². The van der Waals surface area contributed by atoms with Crippen molar-refractivity contribution in [2.45, 2.75) is 12.8 Å². The number of terminal acetylenes is 1. The molecule has 72 valence electrons. The van der Waals surface area contributed by atoms with E-state index in [2.05, 4.69) is 21.9 Å². The van der Waals surface area contributed by atoms with Crippen LogP contribution in [0.15, 0.2) is 22.7 Å². The molecule has 0 heterocycles. The molecule has 0 atom stereocenters. The highest BCUT2D eigenvalue weighted by atomic mass is 79.9. The first-order valence-corrected chi connectivity index (χ1v) is 5.24. The van der Waals surface area contributed by atoms with Crippen LogP contribution in [0.25, 0.3) is 0 Å². The smallest absolute Gasteiger partial charge is 0.165 e. The van der Waals surface area contributed by atoms with Gasteiger partial charge < -0.3 is 0 Å². The maximum atomic E-state index is 11.6. The zero-order chi connectivity index (χ0) is 10.6. The van der Waals surface area contributed by atoms with Crippen molar-refractivity contribution in [1.29, 1.82) is 0 Å². The molecule has 0 spiro atoms. The SMILES string of the molecule is C#CCCC(=O)c1cc(Cl)ccc1Br. The van der Waals surface area contributed by atoms with Crippen molar-refractivity contribution < 1.29 is 4.79 Å². The van der Waals surface area contributed by atoms with Crippen LogP contribution in [-0.4, -0.2) is 5.78 Å². The van der Waals surface area contributed by atoms with E-state index in [0.29, 0.717) is 23.4 Å². The van der Waals surface area contributed by atoms with E-state index in [-0.39, 0.29) is 5.78 Å². The van der Waals surface area contributed by atoms with Crippen LogP contribution in [0.4, 0.5) is 0 Å². The molecule has 0 fully saturated rings. The highest BCUT2D eigenvalue weighted by molar-refractivity contribution is 9.10. The highest BCUT2D eigenvalue weighted by Crippen LogP contribution is 2.22. The third-order valence-electron chi connectivity index (χ3n) is 1.73. The summed E-state index contributed by atoms with van der Waals surface area (Å²) in [7, 11) is 0. The van der Waals surface area contributed by atoms with Gasteiger partial charge in [-0.1, -0.05) is 27.5 Å². The fourth-order valence-corrected chi connectivity index (χ4v) is 1.67. The summed E-state index contributed by atoms with van der Waals surface area (Å²) in [6, 6.07) is 5.12. The monoisotopic (exact) mass is 270 g/mol.